The van der Waals surface area contributed by atoms with E-state index in [-0.39, 0.29) is 40.1 Å². The standard InChI is InChI=1S/C20H17Cl4F3O4/c21-16-10-15(29-8-5-18(23)24)11-17(22)19(16)30-7-2-6-28-13-3-1-4-14(9-13)31-12-20(25,26)27/h1,3-5,9-11H,2,6-8,12H2. The van der Waals surface area contributed by atoms with Crippen LogP contribution in [0.1, 0.15) is 6.42 Å². The van der Waals surface area contributed by atoms with E-state index in [4.69, 9.17) is 60.6 Å². The second kappa shape index (κ2) is 12.4. The molecule has 0 radical (unpaired) electrons. The molecule has 170 valence electrons. The molecule has 0 amide bonds. The minimum Gasteiger partial charge on any atom is -0.493 e. The number of benzene rings is 2. The fourth-order valence-electron chi connectivity index (χ4n) is 2.20. The molecule has 0 unspecified atom stereocenters. The fourth-order valence-corrected chi connectivity index (χ4v) is 2.90. The third-order valence-electron chi connectivity index (χ3n) is 3.47. The van der Waals surface area contributed by atoms with Crippen LogP contribution in [0.3, 0.4) is 0 Å². The molecule has 2 aromatic carbocycles. The van der Waals surface area contributed by atoms with E-state index in [1.807, 2.05) is 0 Å². The normalized spacial score (nSPS) is 11.1. The van der Waals surface area contributed by atoms with Crippen molar-refractivity contribution in [1.82, 2.24) is 0 Å². The Morgan fingerprint density at radius 2 is 1.45 bits per heavy atom. The van der Waals surface area contributed by atoms with Crippen molar-refractivity contribution >= 4 is 46.4 Å². The first-order valence-electron chi connectivity index (χ1n) is 8.82. The average molecular weight is 520 g/mol. The lowest BCUT2D eigenvalue weighted by Gasteiger charge is -2.13. The van der Waals surface area contributed by atoms with E-state index < -0.39 is 12.8 Å². The van der Waals surface area contributed by atoms with Crippen LogP contribution in [0.5, 0.6) is 23.0 Å². The number of hydrogen-bond donors (Lipinski definition) is 0. The van der Waals surface area contributed by atoms with Gasteiger partial charge in [0.1, 0.15) is 28.3 Å². The molecule has 0 N–H and O–H groups in total. The van der Waals surface area contributed by atoms with E-state index in [0.717, 1.165) is 0 Å². The van der Waals surface area contributed by atoms with Gasteiger partial charge in [0.25, 0.3) is 0 Å². The van der Waals surface area contributed by atoms with E-state index in [0.29, 0.717) is 23.7 Å². The van der Waals surface area contributed by atoms with Crippen molar-refractivity contribution in [3.05, 3.63) is 57.0 Å². The van der Waals surface area contributed by atoms with Crippen LogP contribution in [0.15, 0.2) is 47.0 Å². The third-order valence-corrected chi connectivity index (χ3v) is 4.34. The van der Waals surface area contributed by atoms with Gasteiger partial charge in [-0.05, 0) is 18.2 Å². The molecule has 0 atom stereocenters. The summed E-state index contributed by atoms with van der Waals surface area (Å²) < 4.78 is 58.0. The van der Waals surface area contributed by atoms with Crippen molar-refractivity contribution in [3.8, 4) is 23.0 Å². The highest BCUT2D eigenvalue weighted by Gasteiger charge is 2.28. The van der Waals surface area contributed by atoms with E-state index in [2.05, 4.69) is 4.74 Å². The van der Waals surface area contributed by atoms with Gasteiger partial charge in [-0.15, -0.1) is 0 Å². The summed E-state index contributed by atoms with van der Waals surface area (Å²) in [6.07, 6.45) is -2.47. The van der Waals surface area contributed by atoms with Gasteiger partial charge in [0, 0.05) is 24.6 Å². The zero-order valence-electron chi connectivity index (χ0n) is 15.9. The summed E-state index contributed by atoms with van der Waals surface area (Å²) in [7, 11) is 0. The molecule has 0 spiro atoms. The highest BCUT2D eigenvalue weighted by molar-refractivity contribution is 6.55. The Hall–Kier alpha value is -1.67. The lowest BCUT2D eigenvalue weighted by atomic mass is 10.3. The number of hydrogen-bond acceptors (Lipinski definition) is 4. The lowest BCUT2D eigenvalue weighted by molar-refractivity contribution is -0.153. The van der Waals surface area contributed by atoms with Crippen LogP contribution < -0.4 is 18.9 Å². The predicted molar refractivity (Wildman–Crippen MR) is 115 cm³/mol. The monoisotopic (exact) mass is 518 g/mol. The average Bonchev–Trinajstić information content (AvgIpc) is 2.67. The topological polar surface area (TPSA) is 36.9 Å². The molecule has 0 heterocycles. The van der Waals surface area contributed by atoms with Crippen molar-refractivity contribution in [2.75, 3.05) is 26.4 Å². The summed E-state index contributed by atoms with van der Waals surface area (Å²) in [6.45, 7) is -0.721. The quantitative estimate of drug-likeness (QED) is 0.288. The van der Waals surface area contributed by atoms with E-state index in [9.17, 15) is 13.2 Å². The van der Waals surface area contributed by atoms with Crippen molar-refractivity contribution in [2.24, 2.45) is 0 Å². The molecule has 0 saturated carbocycles. The number of ether oxygens (including phenoxy) is 4. The molecule has 0 aliphatic rings. The Kier molecular flexibility index (Phi) is 10.2. The van der Waals surface area contributed by atoms with Crippen molar-refractivity contribution in [1.29, 1.82) is 0 Å². The zero-order chi connectivity index (χ0) is 22.9. The Bertz CT molecular complexity index is 864. The predicted octanol–water partition coefficient (Wildman–Crippen LogP) is 7.48. The van der Waals surface area contributed by atoms with Gasteiger partial charge in [0.05, 0.1) is 23.3 Å². The first-order valence-corrected chi connectivity index (χ1v) is 10.3. The maximum absolute atomic E-state index is 12.2. The Labute approximate surface area is 197 Å². The van der Waals surface area contributed by atoms with Crippen LogP contribution in [0.25, 0.3) is 0 Å². The second-order valence-electron chi connectivity index (χ2n) is 5.95. The van der Waals surface area contributed by atoms with Gasteiger partial charge < -0.3 is 18.9 Å². The molecule has 2 aromatic rings. The van der Waals surface area contributed by atoms with Gasteiger partial charge in [-0.3, -0.25) is 0 Å². The maximum atomic E-state index is 12.2. The van der Waals surface area contributed by atoms with Crippen molar-refractivity contribution in [3.63, 3.8) is 0 Å². The van der Waals surface area contributed by atoms with Gasteiger partial charge in [0.15, 0.2) is 12.4 Å². The first kappa shape index (κ1) is 25.6. The van der Waals surface area contributed by atoms with Gasteiger partial charge in [-0.1, -0.05) is 52.5 Å². The maximum Gasteiger partial charge on any atom is 0.422 e. The SMILES string of the molecule is FC(F)(F)COc1cccc(OCCCOc2c(Cl)cc(OCC=C(Cl)Cl)cc2Cl)c1. The lowest BCUT2D eigenvalue weighted by Crippen LogP contribution is -2.19. The van der Waals surface area contributed by atoms with Crippen molar-refractivity contribution < 1.29 is 32.1 Å². The molecule has 0 aliphatic heterocycles. The summed E-state index contributed by atoms with van der Waals surface area (Å²) in [5.41, 5.74) is 0. The molecular weight excluding hydrogens is 503 g/mol. The summed E-state index contributed by atoms with van der Waals surface area (Å²) in [5, 5.41) is 0.526. The molecule has 31 heavy (non-hydrogen) atoms. The summed E-state index contributed by atoms with van der Waals surface area (Å²) in [4.78, 5) is 0. The van der Waals surface area contributed by atoms with E-state index >= 15 is 0 Å². The van der Waals surface area contributed by atoms with E-state index in [1.54, 1.807) is 18.2 Å². The molecule has 0 bridgehead atoms. The molecule has 4 nitrogen and oxygen atoms in total. The Balaban J connectivity index is 1.78. The van der Waals surface area contributed by atoms with Gasteiger partial charge in [-0.2, -0.15) is 13.2 Å². The number of alkyl halides is 3. The Morgan fingerprint density at radius 1 is 0.839 bits per heavy atom. The number of rotatable bonds is 11. The molecule has 11 heteroatoms. The summed E-state index contributed by atoms with van der Waals surface area (Å²) >= 11 is 23.4. The fraction of sp³-hybridized carbons (Fsp3) is 0.300. The van der Waals surface area contributed by atoms with Crippen LogP contribution in [-0.4, -0.2) is 32.6 Å². The van der Waals surface area contributed by atoms with Crippen LogP contribution in [0.2, 0.25) is 10.0 Å². The zero-order valence-corrected chi connectivity index (χ0v) is 18.9. The van der Waals surface area contributed by atoms with Gasteiger partial charge in [0.2, 0.25) is 0 Å². The van der Waals surface area contributed by atoms with Crippen LogP contribution in [-0.2, 0) is 0 Å². The minimum atomic E-state index is -4.41. The summed E-state index contributed by atoms with van der Waals surface area (Å²) in [5.74, 6) is 1.16. The molecule has 0 fully saturated rings. The smallest absolute Gasteiger partial charge is 0.422 e. The number of halogens is 7. The van der Waals surface area contributed by atoms with Crippen molar-refractivity contribution in [2.45, 2.75) is 12.6 Å². The van der Waals surface area contributed by atoms with Gasteiger partial charge >= 0.3 is 6.18 Å². The highest BCUT2D eigenvalue weighted by Crippen LogP contribution is 2.37. The second-order valence-corrected chi connectivity index (χ2v) is 7.77. The Morgan fingerprint density at radius 3 is 2.06 bits per heavy atom. The summed E-state index contributed by atoms with van der Waals surface area (Å²) in [6, 6.07) is 9.03. The van der Waals surface area contributed by atoms with Crippen LogP contribution in [0, 0.1) is 0 Å². The third kappa shape index (κ3) is 9.99. The van der Waals surface area contributed by atoms with Crippen LogP contribution in [0.4, 0.5) is 13.2 Å². The van der Waals surface area contributed by atoms with E-state index in [1.165, 1.54) is 24.3 Å². The first-order chi connectivity index (χ1) is 14.6. The van der Waals surface area contributed by atoms with Crippen LogP contribution >= 0.6 is 46.4 Å². The minimum absolute atomic E-state index is 0.0655. The molecule has 0 aliphatic carbocycles. The van der Waals surface area contributed by atoms with Gasteiger partial charge in [-0.25, -0.2) is 0 Å². The molecule has 0 saturated heterocycles. The molecular formula is C20H17Cl4F3O4. The molecule has 2 rings (SSSR count). The largest absolute Gasteiger partial charge is 0.493 e. The highest BCUT2D eigenvalue weighted by atomic mass is 35.5. The molecule has 0 aromatic heterocycles.